The summed E-state index contributed by atoms with van der Waals surface area (Å²) in [4.78, 5) is 26.5. The first kappa shape index (κ1) is 17.9. The highest BCUT2D eigenvalue weighted by Gasteiger charge is 2.43. The maximum absolute atomic E-state index is 12.1. The van der Waals surface area contributed by atoms with Gasteiger partial charge in [-0.05, 0) is 5.56 Å². The molecule has 4 atom stereocenters. The van der Waals surface area contributed by atoms with Crippen LogP contribution in [0.3, 0.4) is 0 Å². The van der Waals surface area contributed by atoms with E-state index in [0.717, 1.165) is 10.1 Å². The first-order chi connectivity index (χ1) is 12.0. The SMILES string of the molecule is O=c1[nH]c(=O)n([C@@H]2O[C@H](CO)[C@@H](O)[C@H]2O)cc1SCc1ccccc1. The van der Waals surface area contributed by atoms with Crippen molar-refractivity contribution in [3.8, 4) is 0 Å². The third kappa shape index (κ3) is 3.70. The normalized spacial score (nSPS) is 26.0. The number of nitrogens with one attached hydrogen (secondary N) is 1. The summed E-state index contributed by atoms with van der Waals surface area (Å²) in [6.45, 7) is -0.498. The average molecular weight is 366 g/mol. The molecule has 9 heteroatoms. The Morgan fingerprint density at radius 3 is 2.52 bits per heavy atom. The lowest BCUT2D eigenvalue weighted by molar-refractivity contribution is -0.0553. The van der Waals surface area contributed by atoms with E-state index < -0.39 is 42.4 Å². The maximum atomic E-state index is 12.1. The number of hydrogen-bond donors (Lipinski definition) is 4. The lowest BCUT2D eigenvalue weighted by Crippen LogP contribution is -2.38. The average Bonchev–Trinajstić information content (AvgIpc) is 2.90. The van der Waals surface area contributed by atoms with Gasteiger partial charge in [-0.25, -0.2) is 4.79 Å². The van der Waals surface area contributed by atoms with Gasteiger partial charge in [0.2, 0.25) is 0 Å². The van der Waals surface area contributed by atoms with Crippen molar-refractivity contribution in [1.82, 2.24) is 9.55 Å². The van der Waals surface area contributed by atoms with Gasteiger partial charge in [0, 0.05) is 11.9 Å². The number of nitrogens with zero attached hydrogens (tertiary/aromatic N) is 1. The molecule has 1 aliphatic heterocycles. The molecule has 25 heavy (non-hydrogen) atoms. The van der Waals surface area contributed by atoms with E-state index in [2.05, 4.69) is 4.98 Å². The molecule has 134 valence electrons. The zero-order valence-corrected chi connectivity index (χ0v) is 13.9. The Hall–Kier alpha value is -1.91. The van der Waals surface area contributed by atoms with Crippen molar-refractivity contribution < 1.29 is 20.1 Å². The van der Waals surface area contributed by atoms with Crippen LogP contribution in [0.2, 0.25) is 0 Å². The molecule has 1 saturated heterocycles. The highest BCUT2D eigenvalue weighted by atomic mass is 32.2. The van der Waals surface area contributed by atoms with Gasteiger partial charge in [0.25, 0.3) is 5.56 Å². The van der Waals surface area contributed by atoms with Crippen LogP contribution in [0.15, 0.2) is 51.0 Å². The topological polar surface area (TPSA) is 125 Å². The second-order valence-electron chi connectivity index (χ2n) is 5.66. The molecular formula is C16H18N2O6S. The number of hydrogen-bond acceptors (Lipinski definition) is 7. The van der Waals surface area contributed by atoms with E-state index in [4.69, 9.17) is 9.84 Å². The van der Waals surface area contributed by atoms with Crippen molar-refractivity contribution in [1.29, 1.82) is 0 Å². The van der Waals surface area contributed by atoms with E-state index in [9.17, 15) is 19.8 Å². The van der Waals surface area contributed by atoms with E-state index in [1.54, 1.807) is 0 Å². The van der Waals surface area contributed by atoms with Crippen LogP contribution < -0.4 is 11.2 Å². The summed E-state index contributed by atoms with van der Waals surface area (Å²) in [6.07, 6.45) is -3.61. The molecule has 0 radical (unpaired) electrons. The van der Waals surface area contributed by atoms with Gasteiger partial charge in [-0.3, -0.25) is 14.3 Å². The van der Waals surface area contributed by atoms with Crippen LogP contribution in [-0.2, 0) is 10.5 Å². The van der Waals surface area contributed by atoms with Crippen molar-refractivity contribution in [2.24, 2.45) is 0 Å². The predicted octanol–water partition coefficient (Wildman–Crippen LogP) is -0.560. The van der Waals surface area contributed by atoms with Crippen LogP contribution in [0, 0.1) is 0 Å². The number of H-pyrrole nitrogens is 1. The molecule has 1 fully saturated rings. The molecule has 0 bridgehead atoms. The molecule has 2 aromatic rings. The number of benzene rings is 1. The lowest BCUT2D eigenvalue weighted by atomic mass is 10.1. The summed E-state index contributed by atoms with van der Waals surface area (Å²) < 4.78 is 6.37. The molecule has 0 aliphatic carbocycles. The molecule has 3 rings (SSSR count). The van der Waals surface area contributed by atoms with Gasteiger partial charge in [-0.2, -0.15) is 0 Å². The third-order valence-electron chi connectivity index (χ3n) is 3.96. The second-order valence-corrected chi connectivity index (χ2v) is 6.68. The molecule has 1 aliphatic rings. The van der Waals surface area contributed by atoms with Crippen LogP contribution in [0.1, 0.15) is 11.8 Å². The third-order valence-corrected chi connectivity index (χ3v) is 5.04. The number of aliphatic hydroxyl groups excluding tert-OH is 3. The fraction of sp³-hybridized carbons (Fsp3) is 0.375. The maximum Gasteiger partial charge on any atom is 0.330 e. The van der Waals surface area contributed by atoms with Crippen molar-refractivity contribution in [3.63, 3.8) is 0 Å². The highest BCUT2D eigenvalue weighted by Crippen LogP contribution is 2.29. The zero-order valence-electron chi connectivity index (χ0n) is 13.1. The van der Waals surface area contributed by atoms with E-state index in [-0.39, 0.29) is 4.90 Å². The minimum absolute atomic E-state index is 0.279. The lowest BCUT2D eigenvalue weighted by Gasteiger charge is -2.17. The Balaban J connectivity index is 1.86. The van der Waals surface area contributed by atoms with Crippen molar-refractivity contribution >= 4 is 11.8 Å². The molecule has 0 amide bonds. The summed E-state index contributed by atoms with van der Waals surface area (Å²) >= 11 is 1.24. The molecule has 0 unspecified atom stereocenters. The van der Waals surface area contributed by atoms with Gasteiger partial charge >= 0.3 is 5.69 Å². The minimum atomic E-state index is -1.40. The van der Waals surface area contributed by atoms with Gasteiger partial charge in [-0.1, -0.05) is 30.3 Å². The summed E-state index contributed by atoms with van der Waals surface area (Å²) in [6, 6.07) is 9.51. The number of rotatable bonds is 5. The van der Waals surface area contributed by atoms with Crippen LogP contribution in [0.25, 0.3) is 0 Å². The van der Waals surface area contributed by atoms with E-state index in [1.807, 2.05) is 30.3 Å². The van der Waals surface area contributed by atoms with Crippen LogP contribution in [0.5, 0.6) is 0 Å². The van der Waals surface area contributed by atoms with Gasteiger partial charge in [0.05, 0.1) is 11.5 Å². The monoisotopic (exact) mass is 366 g/mol. The van der Waals surface area contributed by atoms with E-state index in [1.165, 1.54) is 18.0 Å². The van der Waals surface area contributed by atoms with Crippen LogP contribution in [0.4, 0.5) is 0 Å². The summed E-state index contributed by atoms with van der Waals surface area (Å²) in [5.41, 5.74) is -0.282. The molecule has 1 aromatic carbocycles. The van der Waals surface area contributed by atoms with E-state index >= 15 is 0 Å². The van der Waals surface area contributed by atoms with Gasteiger partial charge in [-0.15, -0.1) is 11.8 Å². The van der Waals surface area contributed by atoms with Gasteiger partial charge in [0.1, 0.15) is 18.3 Å². The Kier molecular flexibility index (Phi) is 5.40. The Labute approximate surface area is 146 Å². The van der Waals surface area contributed by atoms with Crippen LogP contribution >= 0.6 is 11.8 Å². The molecule has 4 N–H and O–H groups in total. The largest absolute Gasteiger partial charge is 0.394 e. The second kappa shape index (κ2) is 7.54. The molecule has 1 aromatic heterocycles. The Bertz CT molecular complexity index is 837. The number of ether oxygens (including phenoxy) is 1. The number of aliphatic hydroxyl groups is 3. The number of aromatic nitrogens is 2. The molecule has 8 nitrogen and oxygen atoms in total. The first-order valence-electron chi connectivity index (χ1n) is 7.66. The highest BCUT2D eigenvalue weighted by molar-refractivity contribution is 7.98. The predicted molar refractivity (Wildman–Crippen MR) is 90.3 cm³/mol. The zero-order chi connectivity index (χ0) is 18.0. The quantitative estimate of drug-likeness (QED) is 0.523. The molecular weight excluding hydrogens is 348 g/mol. The fourth-order valence-electron chi connectivity index (χ4n) is 2.60. The Morgan fingerprint density at radius 1 is 1.16 bits per heavy atom. The van der Waals surface area contributed by atoms with Gasteiger partial charge < -0.3 is 20.1 Å². The number of thioether (sulfide) groups is 1. The van der Waals surface area contributed by atoms with Crippen molar-refractivity contribution in [3.05, 3.63) is 62.9 Å². The summed E-state index contributed by atoms with van der Waals surface area (Å²) in [7, 11) is 0. The molecule has 2 heterocycles. The van der Waals surface area contributed by atoms with Crippen molar-refractivity contribution in [2.75, 3.05) is 6.61 Å². The Morgan fingerprint density at radius 2 is 1.88 bits per heavy atom. The van der Waals surface area contributed by atoms with Crippen LogP contribution in [-0.4, -0.2) is 49.8 Å². The smallest absolute Gasteiger partial charge is 0.330 e. The minimum Gasteiger partial charge on any atom is -0.394 e. The first-order valence-corrected chi connectivity index (χ1v) is 8.64. The summed E-state index contributed by atoms with van der Waals surface area (Å²) in [5, 5.41) is 29.0. The summed E-state index contributed by atoms with van der Waals surface area (Å²) in [5.74, 6) is 0.526. The van der Waals surface area contributed by atoms with E-state index in [0.29, 0.717) is 5.75 Å². The van der Waals surface area contributed by atoms with Gasteiger partial charge in [0.15, 0.2) is 6.23 Å². The fourth-order valence-corrected chi connectivity index (χ4v) is 3.49. The molecule has 0 saturated carbocycles. The molecule has 0 spiro atoms. The standard InChI is InChI=1S/C16H18N2O6S/c19-7-10-12(20)13(21)15(24-10)18-6-11(14(22)17-16(18)23)25-8-9-4-2-1-3-5-9/h1-6,10,12-13,15,19-21H,7-8H2,(H,17,22,23)/t10-,12-,13-,15-/m1/s1. The number of aromatic amines is 1. The van der Waals surface area contributed by atoms with Crippen molar-refractivity contribution in [2.45, 2.75) is 35.2 Å².